The molecule has 7 nitrogen and oxygen atoms in total. The van der Waals surface area contributed by atoms with Gasteiger partial charge in [0.2, 0.25) is 6.79 Å². The summed E-state index contributed by atoms with van der Waals surface area (Å²) >= 11 is 0. The second-order valence-electron chi connectivity index (χ2n) is 5.07. The molecule has 3 rings (SSSR count). The zero-order chi connectivity index (χ0) is 14.8. The van der Waals surface area contributed by atoms with Crippen LogP contribution in [0, 0.1) is 0 Å². The standard InChI is InChI=1S/C14H16N2O5/c17-13(18)5-6-16(10-2-3-10)14(19)15-9-1-4-11-12(7-9)21-8-20-11/h1,4,7,10H,2-3,5-6,8H2,(H,15,19)(H,17,18). The van der Waals surface area contributed by atoms with Gasteiger partial charge in [0.05, 0.1) is 6.42 Å². The molecule has 0 bridgehead atoms. The highest BCUT2D eigenvalue weighted by molar-refractivity contribution is 5.90. The summed E-state index contributed by atoms with van der Waals surface area (Å²) in [6.45, 7) is 0.399. The van der Waals surface area contributed by atoms with Crippen molar-refractivity contribution in [2.24, 2.45) is 0 Å². The number of hydrogen-bond donors (Lipinski definition) is 2. The summed E-state index contributed by atoms with van der Waals surface area (Å²) in [6, 6.07) is 5.03. The smallest absolute Gasteiger partial charge is 0.322 e. The van der Waals surface area contributed by atoms with E-state index in [9.17, 15) is 9.59 Å². The number of nitrogens with zero attached hydrogens (tertiary/aromatic N) is 1. The number of urea groups is 1. The summed E-state index contributed by atoms with van der Waals surface area (Å²) in [7, 11) is 0. The Morgan fingerprint density at radius 1 is 1.29 bits per heavy atom. The van der Waals surface area contributed by atoms with Gasteiger partial charge in [0, 0.05) is 24.3 Å². The second-order valence-corrected chi connectivity index (χ2v) is 5.07. The molecule has 1 aliphatic carbocycles. The topological polar surface area (TPSA) is 88.1 Å². The number of anilines is 1. The summed E-state index contributed by atoms with van der Waals surface area (Å²) in [4.78, 5) is 24.5. The van der Waals surface area contributed by atoms with Gasteiger partial charge >= 0.3 is 12.0 Å². The van der Waals surface area contributed by atoms with Crippen molar-refractivity contribution in [3.8, 4) is 11.5 Å². The highest BCUT2D eigenvalue weighted by Crippen LogP contribution is 2.34. The van der Waals surface area contributed by atoms with E-state index in [1.54, 1.807) is 23.1 Å². The summed E-state index contributed by atoms with van der Waals surface area (Å²) < 4.78 is 10.5. The summed E-state index contributed by atoms with van der Waals surface area (Å²) in [5, 5.41) is 11.5. The van der Waals surface area contributed by atoms with E-state index in [2.05, 4.69) is 5.32 Å². The molecule has 2 amide bonds. The number of carbonyl (C=O) groups excluding carboxylic acids is 1. The Bertz CT molecular complexity index is 570. The van der Waals surface area contributed by atoms with E-state index in [1.165, 1.54) is 0 Å². The van der Waals surface area contributed by atoms with E-state index in [0.29, 0.717) is 17.2 Å². The molecular weight excluding hydrogens is 276 g/mol. The minimum absolute atomic E-state index is 0.0505. The lowest BCUT2D eigenvalue weighted by molar-refractivity contribution is -0.137. The number of nitrogens with one attached hydrogen (secondary N) is 1. The number of carboxylic acid groups (broad SMARTS) is 1. The Hall–Kier alpha value is -2.44. The molecule has 0 aromatic heterocycles. The molecule has 1 saturated carbocycles. The first kappa shape index (κ1) is 13.5. The molecule has 7 heteroatoms. The van der Waals surface area contributed by atoms with Crippen molar-refractivity contribution in [2.75, 3.05) is 18.7 Å². The maximum atomic E-state index is 12.3. The van der Waals surface area contributed by atoms with Gasteiger partial charge in [-0.15, -0.1) is 0 Å². The summed E-state index contributed by atoms with van der Waals surface area (Å²) in [6.07, 6.45) is 1.80. The molecule has 21 heavy (non-hydrogen) atoms. The van der Waals surface area contributed by atoms with Crippen molar-refractivity contribution < 1.29 is 24.2 Å². The predicted octanol–water partition coefficient (Wildman–Crippen LogP) is 1.89. The third-order valence-electron chi connectivity index (χ3n) is 3.44. The monoisotopic (exact) mass is 292 g/mol. The van der Waals surface area contributed by atoms with Gasteiger partial charge in [0.25, 0.3) is 0 Å². The number of carbonyl (C=O) groups is 2. The van der Waals surface area contributed by atoms with Crippen LogP contribution < -0.4 is 14.8 Å². The second kappa shape index (κ2) is 5.51. The van der Waals surface area contributed by atoms with Crippen molar-refractivity contribution in [3.05, 3.63) is 18.2 Å². The largest absolute Gasteiger partial charge is 0.481 e. The molecule has 0 atom stereocenters. The zero-order valence-electron chi connectivity index (χ0n) is 11.4. The quantitative estimate of drug-likeness (QED) is 0.865. The van der Waals surface area contributed by atoms with E-state index in [-0.39, 0.29) is 31.8 Å². The molecule has 0 unspecified atom stereocenters. The Morgan fingerprint density at radius 2 is 2.05 bits per heavy atom. The highest BCUT2D eigenvalue weighted by Gasteiger charge is 2.32. The molecule has 1 aromatic carbocycles. The number of hydrogen-bond acceptors (Lipinski definition) is 4. The van der Waals surface area contributed by atoms with Gasteiger partial charge in [-0.1, -0.05) is 0 Å². The number of aliphatic carboxylic acids is 1. The van der Waals surface area contributed by atoms with Crippen molar-refractivity contribution in [2.45, 2.75) is 25.3 Å². The fourth-order valence-electron chi connectivity index (χ4n) is 2.22. The fraction of sp³-hybridized carbons (Fsp3) is 0.429. The van der Waals surface area contributed by atoms with Gasteiger partial charge in [-0.25, -0.2) is 4.79 Å². The number of carboxylic acids is 1. The molecule has 0 saturated heterocycles. The van der Waals surface area contributed by atoms with E-state index >= 15 is 0 Å². The maximum absolute atomic E-state index is 12.3. The molecule has 1 aromatic rings. The zero-order valence-corrected chi connectivity index (χ0v) is 11.4. The lowest BCUT2D eigenvalue weighted by atomic mass is 10.3. The van der Waals surface area contributed by atoms with Crippen LogP contribution in [0.3, 0.4) is 0 Å². The number of fused-ring (bicyclic) bond motifs is 1. The number of benzene rings is 1. The number of amides is 2. The lowest BCUT2D eigenvalue weighted by Gasteiger charge is -2.22. The molecule has 1 aliphatic heterocycles. The molecule has 1 heterocycles. The fourth-order valence-corrected chi connectivity index (χ4v) is 2.22. The van der Waals surface area contributed by atoms with Gasteiger partial charge in [-0.2, -0.15) is 0 Å². The van der Waals surface area contributed by atoms with Crippen LogP contribution in [0.25, 0.3) is 0 Å². The number of ether oxygens (including phenoxy) is 2. The van der Waals surface area contributed by atoms with Crippen LogP contribution >= 0.6 is 0 Å². The van der Waals surface area contributed by atoms with Crippen molar-refractivity contribution in [1.29, 1.82) is 0 Å². The Kier molecular flexibility index (Phi) is 3.55. The first-order valence-corrected chi connectivity index (χ1v) is 6.82. The van der Waals surface area contributed by atoms with E-state index < -0.39 is 5.97 Å². The predicted molar refractivity (Wildman–Crippen MR) is 73.6 cm³/mol. The first-order chi connectivity index (χ1) is 10.1. The first-order valence-electron chi connectivity index (χ1n) is 6.82. The average molecular weight is 292 g/mol. The van der Waals surface area contributed by atoms with Crippen LogP contribution in [0.5, 0.6) is 11.5 Å². The van der Waals surface area contributed by atoms with Crippen LogP contribution in [-0.2, 0) is 4.79 Å². The van der Waals surface area contributed by atoms with Crippen LogP contribution in [0.1, 0.15) is 19.3 Å². The molecule has 2 aliphatic rings. The number of rotatable bonds is 5. The van der Waals surface area contributed by atoms with Crippen LogP contribution in [-0.4, -0.2) is 41.4 Å². The normalized spacial score (nSPS) is 15.6. The summed E-state index contributed by atoms with van der Waals surface area (Å²) in [5.41, 5.74) is 0.602. The van der Waals surface area contributed by atoms with E-state index in [1.807, 2.05) is 0 Å². The minimum atomic E-state index is -0.906. The van der Waals surface area contributed by atoms with Crippen molar-refractivity contribution in [3.63, 3.8) is 0 Å². The van der Waals surface area contributed by atoms with Crippen molar-refractivity contribution in [1.82, 2.24) is 4.90 Å². The van der Waals surface area contributed by atoms with E-state index in [4.69, 9.17) is 14.6 Å². The van der Waals surface area contributed by atoms with Gasteiger partial charge in [0.1, 0.15) is 0 Å². The maximum Gasteiger partial charge on any atom is 0.322 e. The molecule has 1 fully saturated rings. The van der Waals surface area contributed by atoms with Gasteiger partial charge in [0.15, 0.2) is 11.5 Å². The third-order valence-corrected chi connectivity index (χ3v) is 3.44. The van der Waals surface area contributed by atoms with Crippen LogP contribution in [0.2, 0.25) is 0 Å². The van der Waals surface area contributed by atoms with Crippen molar-refractivity contribution >= 4 is 17.7 Å². The van der Waals surface area contributed by atoms with Crippen LogP contribution in [0.15, 0.2) is 18.2 Å². The van der Waals surface area contributed by atoms with Gasteiger partial charge in [-0.05, 0) is 25.0 Å². The SMILES string of the molecule is O=C(O)CCN(C(=O)Nc1ccc2c(c1)OCO2)C1CC1. The Balaban J connectivity index is 1.64. The molecule has 112 valence electrons. The lowest BCUT2D eigenvalue weighted by Crippen LogP contribution is -2.38. The Labute approximate surface area is 121 Å². The summed E-state index contributed by atoms with van der Waals surface area (Å²) in [5.74, 6) is 0.339. The van der Waals surface area contributed by atoms with Crippen LogP contribution in [0.4, 0.5) is 10.5 Å². The minimum Gasteiger partial charge on any atom is -0.481 e. The molecular formula is C14H16N2O5. The third kappa shape index (κ3) is 3.18. The average Bonchev–Trinajstić information content (AvgIpc) is 3.16. The Morgan fingerprint density at radius 3 is 2.76 bits per heavy atom. The molecule has 0 spiro atoms. The van der Waals surface area contributed by atoms with Gasteiger partial charge < -0.3 is 24.8 Å². The molecule has 0 radical (unpaired) electrons. The van der Waals surface area contributed by atoms with Gasteiger partial charge in [-0.3, -0.25) is 4.79 Å². The highest BCUT2D eigenvalue weighted by atomic mass is 16.7. The van der Waals surface area contributed by atoms with E-state index in [0.717, 1.165) is 12.8 Å². The molecule has 2 N–H and O–H groups in total.